The molecule has 0 aromatic rings. The largest absolute Gasteiger partial charge is 0.490 e. The zero-order valence-corrected chi connectivity index (χ0v) is 21.7. The second-order valence-corrected chi connectivity index (χ2v) is 11.5. The number of hydrogen-bond acceptors (Lipinski definition) is 7. The van der Waals surface area contributed by atoms with E-state index in [1.807, 2.05) is 0 Å². The second-order valence-electron chi connectivity index (χ2n) is 11.5. The molecule has 7 nitrogen and oxygen atoms in total. The number of ether oxygens (including phenoxy) is 2. The Labute approximate surface area is 217 Å². The van der Waals surface area contributed by atoms with Crippen LogP contribution in [0, 0.1) is 28.6 Å². The van der Waals surface area contributed by atoms with E-state index in [-0.39, 0.29) is 31.5 Å². The van der Waals surface area contributed by atoms with Crippen molar-refractivity contribution >= 4 is 23.5 Å². The number of hydrogen-bond donors (Lipinski definition) is 1. The van der Waals surface area contributed by atoms with Gasteiger partial charge in [-0.2, -0.15) is 13.2 Å². The second kappa shape index (κ2) is 8.99. The molecule has 0 amide bonds. The molecule has 38 heavy (non-hydrogen) atoms. The van der Waals surface area contributed by atoms with Gasteiger partial charge in [0.15, 0.2) is 18.1 Å². The van der Waals surface area contributed by atoms with Gasteiger partial charge < -0.3 is 14.6 Å². The normalized spacial score (nSPS) is 41.9. The van der Waals surface area contributed by atoms with E-state index in [0.29, 0.717) is 5.57 Å². The minimum absolute atomic E-state index is 0.00643. The van der Waals surface area contributed by atoms with Gasteiger partial charge in [0, 0.05) is 23.2 Å². The monoisotopic (exact) mass is 544 g/mol. The number of carbonyl (C=O) groups is 4. The van der Waals surface area contributed by atoms with Gasteiger partial charge in [0.1, 0.15) is 11.7 Å². The smallest absolute Gasteiger partial charge is 0.458 e. The topological polar surface area (TPSA) is 107 Å². The van der Waals surface area contributed by atoms with E-state index in [1.165, 1.54) is 32.9 Å². The average molecular weight is 545 g/mol. The Morgan fingerprint density at radius 1 is 1.18 bits per heavy atom. The van der Waals surface area contributed by atoms with Gasteiger partial charge in [-0.3, -0.25) is 14.4 Å². The molecule has 0 saturated heterocycles. The van der Waals surface area contributed by atoms with E-state index in [1.54, 1.807) is 6.92 Å². The summed E-state index contributed by atoms with van der Waals surface area (Å²) in [5.74, 6) is -6.89. The predicted octanol–water partition coefficient (Wildman–Crippen LogP) is 3.97. The highest BCUT2D eigenvalue weighted by molar-refractivity contribution is 6.01. The number of halogens is 4. The number of fused-ring (bicyclic) bond motifs is 5. The van der Waals surface area contributed by atoms with Crippen molar-refractivity contribution in [1.29, 1.82) is 0 Å². The molecule has 0 spiro atoms. The molecule has 1 N–H and O–H groups in total. The van der Waals surface area contributed by atoms with Crippen LogP contribution in [0.2, 0.25) is 0 Å². The standard InChI is InChI=1S/C27H32F4O7/c1-5-21(34)37-13-19(33)26(36)14(2)10-18-17-7-6-15-11-16(32)8-9-23(15,3)25(17,28)20(12-24(18,26)4)38-22(35)27(29,30)31/h8-9,11,14,17-18,20,36H,5-7,10,12-13H2,1-4H3/t14?,17-,18-,20?,23-,24-,25-,26-/m0/s1. The van der Waals surface area contributed by atoms with Gasteiger partial charge in [-0.15, -0.1) is 0 Å². The van der Waals surface area contributed by atoms with Crippen molar-refractivity contribution in [2.45, 2.75) is 83.3 Å². The third kappa shape index (κ3) is 3.78. The zero-order chi connectivity index (χ0) is 28.5. The van der Waals surface area contributed by atoms with Crippen LogP contribution in [0.4, 0.5) is 17.6 Å². The number of Topliss-reactive ketones (excluding diaryl/α,β-unsaturated/α-hetero) is 1. The van der Waals surface area contributed by atoms with Crippen molar-refractivity contribution in [3.8, 4) is 0 Å². The first-order chi connectivity index (χ1) is 17.5. The van der Waals surface area contributed by atoms with Crippen LogP contribution in [0.15, 0.2) is 23.8 Å². The number of alkyl halides is 4. The predicted molar refractivity (Wildman–Crippen MR) is 124 cm³/mol. The molecular weight excluding hydrogens is 512 g/mol. The fourth-order valence-electron chi connectivity index (χ4n) is 7.79. The van der Waals surface area contributed by atoms with E-state index < -0.39 is 82.9 Å². The molecule has 0 bridgehead atoms. The molecule has 4 aliphatic carbocycles. The van der Waals surface area contributed by atoms with Crippen LogP contribution >= 0.6 is 0 Å². The van der Waals surface area contributed by atoms with Crippen molar-refractivity contribution in [3.63, 3.8) is 0 Å². The number of aliphatic hydroxyl groups is 1. The molecule has 0 aliphatic heterocycles. The van der Waals surface area contributed by atoms with Crippen LogP contribution in [-0.4, -0.2) is 58.8 Å². The summed E-state index contributed by atoms with van der Waals surface area (Å²) >= 11 is 0. The number of ketones is 2. The zero-order valence-electron chi connectivity index (χ0n) is 21.7. The fraction of sp³-hybridized carbons (Fsp3) is 0.704. The van der Waals surface area contributed by atoms with Gasteiger partial charge in [-0.1, -0.05) is 32.4 Å². The van der Waals surface area contributed by atoms with Crippen LogP contribution in [0.5, 0.6) is 0 Å². The summed E-state index contributed by atoms with van der Waals surface area (Å²) in [4.78, 5) is 49.1. The Bertz CT molecular complexity index is 1130. The van der Waals surface area contributed by atoms with Crippen molar-refractivity contribution in [1.82, 2.24) is 0 Å². The van der Waals surface area contributed by atoms with Gasteiger partial charge in [0.05, 0.1) is 0 Å². The Hall–Kier alpha value is -2.56. The summed E-state index contributed by atoms with van der Waals surface area (Å²) in [7, 11) is 0. The number of esters is 2. The lowest BCUT2D eigenvalue weighted by molar-refractivity contribution is -0.249. The summed E-state index contributed by atoms with van der Waals surface area (Å²) < 4.78 is 67.5. The first-order valence-electron chi connectivity index (χ1n) is 12.8. The van der Waals surface area contributed by atoms with E-state index in [4.69, 9.17) is 9.47 Å². The van der Waals surface area contributed by atoms with Crippen LogP contribution in [0.25, 0.3) is 0 Å². The molecule has 8 atom stereocenters. The number of allylic oxidation sites excluding steroid dienone is 4. The Morgan fingerprint density at radius 2 is 1.84 bits per heavy atom. The van der Waals surface area contributed by atoms with Crippen molar-refractivity contribution in [3.05, 3.63) is 23.8 Å². The summed E-state index contributed by atoms with van der Waals surface area (Å²) in [5.41, 5.74) is -7.38. The molecule has 0 heterocycles. The van der Waals surface area contributed by atoms with E-state index in [9.17, 15) is 37.5 Å². The van der Waals surface area contributed by atoms with Gasteiger partial charge >= 0.3 is 18.1 Å². The fourth-order valence-corrected chi connectivity index (χ4v) is 7.79. The number of rotatable bonds is 5. The minimum atomic E-state index is -5.40. The molecule has 0 aromatic heterocycles. The third-order valence-corrected chi connectivity index (χ3v) is 9.76. The highest BCUT2D eigenvalue weighted by Crippen LogP contribution is 2.71. The summed E-state index contributed by atoms with van der Waals surface area (Å²) in [6, 6.07) is 0. The summed E-state index contributed by atoms with van der Waals surface area (Å²) in [6.45, 7) is 5.35. The van der Waals surface area contributed by atoms with E-state index in [2.05, 4.69) is 0 Å². The maximum Gasteiger partial charge on any atom is 0.490 e. The van der Waals surface area contributed by atoms with E-state index >= 15 is 4.39 Å². The molecule has 3 saturated carbocycles. The first-order valence-corrected chi connectivity index (χ1v) is 12.8. The van der Waals surface area contributed by atoms with Gasteiger partial charge in [-0.25, -0.2) is 9.18 Å². The van der Waals surface area contributed by atoms with Crippen molar-refractivity contribution in [2.24, 2.45) is 28.6 Å². The lowest BCUT2D eigenvalue weighted by Crippen LogP contribution is -2.70. The minimum Gasteiger partial charge on any atom is -0.458 e. The van der Waals surface area contributed by atoms with Crippen molar-refractivity contribution < 1.29 is 51.3 Å². The molecule has 210 valence electrons. The highest BCUT2D eigenvalue weighted by atomic mass is 19.4. The molecule has 4 aliphatic rings. The highest BCUT2D eigenvalue weighted by Gasteiger charge is 2.77. The molecule has 0 radical (unpaired) electrons. The average Bonchev–Trinajstić information content (AvgIpc) is 3.04. The van der Waals surface area contributed by atoms with Crippen LogP contribution in [0.3, 0.4) is 0 Å². The van der Waals surface area contributed by atoms with Gasteiger partial charge in [0.2, 0.25) is 5.78 Å². The van der Waals surface area contributed by atoms with Crippen molar-refractivity contribution in [2.75, 3.05) is 6.61 Å². The maximum absolute atomic E-state index is 17.7. The third-order valence-electron chi connectivity index (χ3n) is 9.76. The van der Waals surface area contributed by atoms with Gasteiger partial charge in [-0.05, 0) is 56.6 Å². The molecule has 4 rings (SSSR count). The summed E-state index contributed by atoms with van der Waals surface area (Å²) in [5, 5.41) is 11.9. The van der Waals surface area contributed by atoms with Crippen LogP contribution < -0.4 is 0 Å². The van der Waals surface area contributed by atoms with E-state index in [0.717, 1.165) is 6.08 Å². The molecule has 2 unspecified atom stereocenters. The lowest BCUT2D eigenvalue weighted by atomic mass is 9.44. The Kier molecular flexibility index (Phi) is 6.73. The quantitative estimate of drug-likeness (QED) is 0.412. The van der Waals surface area contributed by atoms with Crippen LogP contribution in [-0.2, 0) is 28.7 Å². The van der Waals surface area contributed by atoms with Gasteiger partial charge in [0.25, 0.3) is 0 Å². The Balaban J connectivity index is 1.83. The van der Waals surface area contributed by atoms with Crippen LogP contribution in [0.1, 0.15) is 59.8 Å². The SMILES string of the molecule is CCC(=O)OCC(=O)[C@@]1(O)C(C)C[C@H]2[C@@H]3CCC4=CC(=O)C=C[C@]4(C)[C@@]3(F)C(OC(=O)C(F)(F)F)C[C@@]21C. The number of carbonyl (C=O) groups excluding carboxylic acids is 4. The molecule has 11 heteroatoms. The lowest BCUT2D eigenvalue weighted by Gasteiger charge is -2.63. The molecular formula is C27H32F4O7. The first kappa shape index (κ1) is 28.4. The Morgan fingerprint density at radius 3 is 2.45 bits per heavy atom. The molecule has 0 aromatic carbocycles. The molecule has 3 fully saturated rings. The summed E-state index contributed by atoms with van der Waals surface area (Å²) in [6.07, 6.45) is -3.67. The maximum atomic E-state index is 17.7.